The molecule has 1 amide bonds. The lowest BCUT2D eigenvalue weighted by molar-refractivity contribution is -0.181. The number of ether oxygens (including phenoxy) is 2. The van der Waals surface area contributed by atoms with Gasteiger partial charge in [-0.25, -0.2) is 0 Å². The summed E-state index contributed by atoms with van der Waals surface area (Å²) >= 11 is 0. The van der Waals surface area contributed by atoms with Gasteiger partial charge in [0.05, 0.1) is 18.1 Å². The van der Waals surface area contributed by atoms with Gasteiger partial charge in [0.2, 0.25) is 5.78 Å². The van der Waals surface area contributed by atoms with Crippen LogP contribution in [0.25, 0.3) is 0 Å². The second-order valence-corrected chi connectivity index (χ2v) is 9.57. The zero-order valence-electron chi connectivity index (χ0n) is 21.6. The van der Waals surface area contributed by atoms with Crippen molar-refractivity contribution >= 4 is 29.4 Å². The number of rotatable bonds is 3. The lowest BCUT2D eigenvalue weighted by Gasteiger charge is -2.42. The van der Waals surface area contributed by atoms with E-state index in [-0.39, 0.29) is 6.42 Å². The van der Waals surface area contributed by atoms with Gasteiger partial charge in [0.1, 0.15) is 17.6 Å². The SMILES string of the molecule is CC(=O)OC1/C=C\C(C)=C/C(NC(=O)C(C)=O)C2(C)C(=O)OC(CC(O)/C=C\C(C)=C/C1)C(C)C2=O. The first-order chi connectivity index (χ1) is 16.7. The third-order valence-corrected chi connectivity index (χ3v) is 6.44. The molecule has 6 unspecified atom stereocenters. The van der Waals surface area contributed by atoms with Crippen LogP contribution >= 0.6 is 0 Å². The maximum Gasteiger partial charge on any atom is 0.322 e. The zero-order valence-corrected chi connectivity index (χ0v) is 21.6. The molecule has 196 valence electrons. The first kappa shape index (κ1) is 28.9. The van der Waals surface area contributed by atoms with Gasteiger partial charge in [0.15, 0.2) is 5.78 Å². The highest BCUT2D eigenvalue weighted by atomic mass is 16.6. The van der Waals surface area contributed by atoms with E-state index in [0.29, 0.717) is 12.0 Å². The minimum absolute atomic E-state index is 0.00940. The molecule has 3 rings (SSSR count). The van der Waals surface area contributed by atoms with Crippen molar-refractivity contribution in [1.82, 2.24) is 5.32 Å². The number of carbonyl (C=O) groups excluding carboxylic acids is 5. The van der Waals surface area contributed by atoms with Crippen LogP contribution in [0.15, 0.2) is 47.6 Å². The molecule has 0 aromatic heterocycles. The van der Waals surface area contributed by atoms with Gasteiger partial charge in [-0.3, -0.25) is 24.0 Å². The first-order valence-electron chi connectivity index (χ1n) is 11.9. The average molecular weight is 502 g/mol. The number of nitrogens with one attached hydrogen (secondary N) is 1. The fraction of sp³-hybridized carbons (Fsp3) is 0.519. The molecule has 2 heterocycles. The summed E-state index contributed by atoms with van der Waals surface area (Å²) in [6.45, 7) is 8.89. The van der Waals surface area contributed by atoms with Crippen molar-refractivity contribution in [1.29, 1.82) is 0 Å². The normalized spacial score (nSPS) is 36.2. The van der Waals surface area contributed by atoms with Gasteiger partial charge in [-0.2, -0.15) is 0 Å². The van der Waals surface area contributed by atoms with Crippen LogP contribution in [0.3, 0.4) is 0 Å². The summed E-state index contributed by atoms with van der Waals surface area (Å²) in [5, 5.41) is 13.0. The Balaban J connectivity index is 2.62. The largest absolute Gasteiger partial charge is 0.461 e. The van der Waals surface area contributed by atoms with Crippen LogP contribution in [0.2, 0.25) is 0 Å². The summed E-state index contributed by atoms with van der Waals surface area (Å²) in [4.78, 5) is 62.3. The van der Waals surface area contributed by atoms with E-state index in [2.05, 4.69) is 5.32 Å². The van der Waals surface area contributed by atoms with Crippen molar-refractivity contribution in [2.24, 2.45) is 11.3 Å². The molecule has 0 radical (unpaired) electrons. The Morgan fingerprint density at radius 1 is 1.11 bits per heavy atom. The maximum atomic E-state index is 13.5. The average Bonchev–Trinajstić information content (AvgIpc) is 2.80. The number of ketones is 2. The molecule has 9 nitrogen and oxygen atoms in total. The van der Waals surface area contributed by atoms with E-state index in [4.69, 9.17) is 9.47 Å². The molecule has 36 heavy (non-hydrogen) atoms. The molecule has 2 bridgehead atoms. The molecular formula is C27H35NO8. The topological polar surface area (TPSA) is 136 Å². The molecule has 6 atom stereocenters. The Labute approximate surface area is 211 Å². The molecule has 0 aromatic rings. The quantitative estimate of drug-likeness (QED) is 0.342. The molecule has 0 saturated carbocycles. The van der Waals surface area contributed by atoms with E-state index in [1.54, 1.807) is 38.2 Å². The van der Waals surface area contributed by atoms with Crippen molar-refractivity contribution < 1.29 is 38.6 Å². The molecule has 1 aliphatic carbocycles. The third-order valence-electron chi connectivity index (χ3n) is 6.44. The summed E-state index contributed by atoms with van der Waals surface area (Å²) in [5.41, 5.74) is -0.434. The number of hydrogen-bond acceptors (Lipinski definition) is 8. The maximum absolute atomic E-state index is 13.5. The predicted molar refractivity (Wildman–Crippen MR) is 131 cm³/mol. The number of esters is 2. The molecule has 0 spiro atoms. The van der Waals surface area contributed by atoms with Crippen LogP contribution < -0.4 is 5.32 Å². The number of amides is 1. The number of hydrogen-bond donors (Lipinski definition) is 2. The van der Waals surface area contributed by atoms with Gasteiger partial charge in [-0.05, 0) is 26.8 Å². The van der Waals surface area contributed by atoms with Gasteiger partial charge in [0, 0.05) is 26.7 Å². The van der Waals surface area contributed by atoms with Crippen LogP contribution in [0.1, 0.15) is 54.4 Å². The van der Waals surface area contributed by atoms with Crippen molar-refractivity contribution in [3.63, 3.8) is 0 Å². The van der Waals surface area contributed by atoms with Crippen molar-refractivity contribution in [2.75, 3.05) is 0 Å². The molecule has 2 N–H and O–H groups in total. The fourth-order valence-electron chi connectivity index (χ4n) is 4.14. The Morgan fingerprint density at radius 3 is 2.36 bits per heavy atom. The van der Waals surface area contributed by atoms with E-state index >= 15 is 0 Å². The number of aliphatic hydroxyl groups is 1. The minimum Gasteiger partial charge on any atom is -0.461 e. The Morgan fingerprint density at radius 2 is 1.75 bits per heavy atom. The molecule has 1 saturated heterocycles. The predicted octanol–water partition coefficient (Wildman–Crippen LogP) is 2.29. The minimum atomic E-state index is -1.81. The fourth-order valence-corrected chi connectivity index (χ4v) is 4.14. The van der Waals surface area contributed by atoms with Crippen molar-refractivity contribution in [3.8, 4) is 0 Å². The second-order valence-electron chi connectivity index (χ2n) is 9.57. The number of Topliss-reactive ketones (excluding diaryl/α,β-unsaturated/α-hetero) is 2. The summed E-state index contributed by atoms with van der Waals surface area (Å²) in [6, 6.07) is -1.18. The van der Waals surface area contributed by atoms with Crippen LogP contribution in [0.4, 0.5) is 0 Å². The first-order valence-corrected chi connectivity index (χ1v) is 11.9. The highest BCUT2D eigenvalue weighted by Crippen LogP contribution is 2.38. The summed E-state index contributed by atoms with van der Waals surface area (Å²) in [7, 11) is 0. The van der Waals surface area contributed by atoms with Crippen LogP contribution in [-0.4, -0.2) is 58.9 Å². The van der Waals surface area contributed by atoms with Crippen molar-refractivity contribution in [3.05, 3.63) is 47.6 Å². The molecular weight excluding hydrogens is 466 g/mol. The monoisotopic (exact) mass is 501 g/mol. The Hall–Kier alpha value is -3.33. The van der Waals surface area contributed by atoms with Crippen LogP contribution in [0.5, 0.6) is 0 Å². The van der Waals surface area contributed by atoms with Gasteiger partial charge in [0.25, 0.3) is 5.91 Å². The van der Waals surface area contributed by atoms with E-state index < -0.39 is 65.1 Å². The zero-order chi connectivity index (χ0) is 27.2. The van der Waals surface area contributed by atoms with Gasteiger partial charge in [-0.1, -0.05) is 48.5 Å². The van der Waals surface area contributed by atoms with Crippen molar-refractivity contribution in [2.45, 2.75) is 78.7 Å². The smallest absolute Gasteiger partial charge is 0.322 e. The van der Waals surface area contributed by atoms with E-state index in [9.17, 15) is 29.1 Å². The summed E-state index contributed by atoms with van der Waals surface area (Å²) in [5.74, 6) is -4.29. The number of fused-ring (bicyclic) bond motifs is 10. The number of carbonyl (C=O) groups is 5. The highest BCUT2D eigenvalue weighted by molar-refractivity contribution is 6.35. The van der Waals surface area contributed by atoms with Gasteiger partial charge in [-0.15, -0.1) is 0 Å². The van der Waals surface area contributed by atoms with E-state index in [1.165, 1.54) is 19.9 Å². The highest BCUT2D eigenvalue weighted by Gasteiger charge is 2.56. The number of aliphatic hydroxyl groups excluding tert-OH is 1. The Bertz CT molecular complexity index is 1040. The molecule has 0 aromatic carbocycles. The molecule has 1 fully saturated rings. The van der Waals surface area contributed by atoms with E-state index in [1.807, 2.05) is 13.0 Å². The molecule has 9 heteroatoms. The van der Waals surface area contributed by atoms with E-state index in [0.717, 1.165) is 12.5 Å². The molecule has 2 aliphatic heterocycles. The third kappa shape index (κ3) is 7.10. The number of allylic oxidation sites excluding steroid dienone is 4. The van der Waals surface area contributed by atoms with Gasteiger partial charge >= 0.3 is 11.9 Å². The molecule has 3 aliphatic rings. The van der Waals surface area contributed by atoms with Crippen LogP contribution in [-0.2, 0) is 33.4 Å². The van der Waals surface area contributed by atoms with Crippen LogP contribution in [0, 0.1) is 11.3 Å². The summed E-state index contributed by atoms with van der Waals surface area (Å²) < 4.78 is 11.0. The lowest BCUT2D eigenvalue weighted by atomic mass is 9.69. The van der Waals surface area contributed by atoms with Gasteiger partial charge < -0.3 is 19.9 Å². The summed E-state index contributed by atoms with van der Waals surface area (Å²) in [6.07, 6.45) is 7.84. The standard InChI is InChI=1S/C27H35NO8/c1-15-7-10-20(31)14-22-17(3)24(32)27(6,26(34)36-22)23(28-25(33)18(4)29)13-16(2)9-12-21(11-8-15)35-19(5)30/h7-10,12-13,17,20-23,31H,11,14H2,1-6H3,(H,28,33)/b10-7-,12-9-,15-8-,16-13-. The second kappa shape index (κ2) is 12.1. The Kier molecular flexibility index (Phi) is 9.69. The lowest BCUT2D eigenvalue weighted by Crippen LogP contribution is -2.61.